The predicted octanol–water partition coefficient (Wildman–Crippen LogP) is 1.45. The van der Waals surface area contributed by atoms with Crippen molar-refractivity contribution in [2.45, 2.75) is 58.5 Å². The number of carboxylic acids is 1. The normalized spacial score (nSPS) is 11.4. The maximum atomic E-state index is 10.9. The zero-order valence-electron chi connectivity index (χ0n) is 9.49. The molecule has 0 radical (unpaired) electrons. The van der Waals surface area contributed by atoms with Crippen molar-refractivity contribution in [1.82, 2.24) is 0 Å². The minimum absolute atomic E-state index is 0. The molecule has 16 heavy (non-hydrogen) atoms. The summed E-state index contributed by atoms with van der Waals surface area (Å²) >= 11 is 0. The van der Waals surface area contributed by atoms with Crippen molar-refractivity contribution >= 4 is 60.8 Å². The fraction of sp³-hybridized carbons (Fsp3) is 0.818. The van der Waals surface area contributed by atoms with Gasteiger partial charge in [0.1, 0.15) is 6.42 Å². The van der Waals surface area contributed by atoms with Crippen LogP contribution in [-0.2, 0) is 14.3 Å². The van der Waals surface area contributed by atoms with Crippen molar-refractivity contribution < 1.29 is 19.4 Å². The molecule has 0 aromatic heterocycles. The molecule has 1 unspecified atom stereocenters. The van der Waals surface area contributed by atoms with Crippen LogP contribution in [0.3, 0.4) is 0 Å². The molecule has 4 nitrogen and oxygen atoms in total. The second-order valence-corrected chi connectivity index (χ2v) is 3.72. The Morgan fingerprint density at radius 1 is 1.25 bits per heavy atom. The zero-order valence-corrected chi connectivity index (χ0v) is 9.49. The number of esters is 1. The molecule has 92 valence electrons. The monoisotopic (exact) mass is 356 g/mol. The fourth-order valence-electron chi connectivity index (χ4n) is 1.31. The van der Waals surface area contributed by atoms with Gasteiger partial charge >= 0.3 is 60.8 Å². The van der Waals surface area contributed by atoms with E-state index in [2.05, 4.69) is 6.92 Å². The third kappa shape index (κ3) is 12.6. The molecule has 0 heterocycles. The van der Waals surface area contributed by atoms with Crippen molar-refractivity contribution in [3.05, 3.63) is 0 Å². The Balaban J connectivity index is 0. The molecule has 1 atom stereocenters. The first-order valence-electron chi connectivity index (χ1n) is 5.47. The quantitative estimate of drug-likeness (QED) is 0.310. The SMILES string of the molecule is CCCCCCC(C)OC(=O)CC(=O)O.[BaH2]. The zero-order chi connectivity index (χ0) is 11.7. The van der Waals surface area contributed by atoms with E-state index in [9.17, 15) is 9.59 Å². The Labute approximate surface area is 137 Å². The number of hydrogen-bond acceptors (Lipinski definition) is 3. The Morgan fingerprint density at radius 3 is 2.38 bits per heavy atom. The van der Waals surface area contributed by atoms with Gasteiger partial charge in [0.15, 0.2) is 0 Å². The number of unbranched alkanes of at least 4 members (excludes halogenated alkanes) is 3. The molecule has 0 aliphatic heterocycles. The van der Waals surface area contributed by atoms with E-state index in [0.717, 1.165) is 19.3 Å². The third-order valence-corrected chi connectivity index (χ3v) is 2.09. The molecule has 0 rings (SSSR count). The number of aliphatic carboxylic acids is 1. The molecule has 0 fully saturated rings. The van der Waals surface area contributed by atoms with E-state index in [1.54, 1.807) is 6.92 Å². The first-order chi connectivity index (χ1) is 7.06. The van der Waals surface area contributed by atoms with E-state index >= 15 is 0 Å². The number of hydrogen-bond donors (Lipinski definition) is 1. The van der Waals surface area contributed by atoms with Crippen molar-refractivity contribution in [3.63, 3.8) is 0 Å². The summed E-state index contributed by atoms with van der Waals surface area (Å²) in [5.41, 5.74) is 0. The van der Waals surface area contributed by atoms with Gasteiger partial charge in [0.05, 0.1) is 6.10 Å². The van der Waals surface area contributed by atoms with Crippen molar-refractivity contribution in [3.8, 4) is 0 Å². The van der Waals surface area contributed by atoms with E-state index < -0.39 is 18.4 Å². The summed E-state index contributed by atoms with van der Waals surface area (Å²) in [4.78, 5) is 21.1. The van der Waals surface area contributed by atoms with Crippen molar-refractivity contribution in [1.29, 1.82) is 0 Å². The average Bonchev–Trinajstić information content (AvgIpc) is 2.10. The topological polar surface area (TPSA) is 63.6 Å². The predicted molar refractivity (Wildman–Crippen MR) is 65.1 cm³/mol. The molecule has 0 saturated heterocycles. The van der Waals surface area contributed by atoms with Crippen molar-refractivity contribution in [2.75, 3.05) is 0 Å². The number of carbonyl (C=O) groups excluding carboxylic acids is 1. The van der Waals surface area contributed by atoms with Crippen LogP contribution in [0, 0.1) is 0 Å². The molecule has 0 aromatic rings. The second-order valence-electron chi connectivity index (χ2n) is 3.72. The summed E-state index contributed by atoms with van der Waals surface area (Å²) in [6, 6.07) is 0. The van der Waals surface area contributed by atoms with Gasteiger partial charge in [-0.1, -0.05) is 26.2 Å². The molecular weight excluding hydrogens is 333 g/mol. The Bertz CT molecular complexity index is 206. The molecule has 0 aliphatic carbocycles. The standard InChI is InChI=1S/C11H20O4.Ba.2H/c1-3-4-5-6-7-9(2)15-11(14)8-10(12)13;;;/h9H,3-8H2,1-2H3,(H,12,13);;;. The number of ether oxygens (including phenoxy) is 1. The van der Waals surface area contributed by atoms with Gasteiger partial charge < -0.3 is 9.84 Å². The molecule has 0 bridgehead atoms. The van der Waals surface area contributed by atoms with E-state index in [0.29, 0.717) is 0 Å². The third-order valence-electron chi connectivity index (χ3n) is 2.09. The molecule has 0 spiro atoms. The van der Waals surface area contributed by atoms with E-state index in [-0.39, 0.29) is 55.0 Å². The van der Waals surface area contributed by atoms with E-state index in [4.69, 9.17) is 9.84 Å². The molecular formula is C11H22BaO4. The van der Waals surface area contributed by atoms with Gasteiger partial charge in [-0.05, 0) is 19.8 Å². The number of carbonyl (C=O) groups is 2. The molecule has 0 saturated carbocycles. The van der Waals surface area contributed by atoms with Crippen LogP contribution >= 0.6 is 0 Å². The van der Waals surface area contributed by atoms with Gasteiger partial charge in [-0.2, -0.15) is 0 Å². The summed E-state index contributed by atoms with van der Waals surface area (Å²) in [6.07, 6.45) is 4.62. The van der Waals surface area contributed by atoms with E-state index in [1.165, 1.54) is 12.8 Å². The van der Waals surface area contributed by atoms with Gasteiger partial charge in [-0.15, -0.1) is 0 Å². The molecule has 0 aromatic carbocycles. The summed E-state index contributed by atoms with van der Waals surface area (Å²) in [6.45, 7) is 3.93. The molecule has 1 N–H and O–H groups in total. The van der Waals surface area contributed by atoms with Crippen LogP contribution in [-0.4, -0.2) is 72.0 Å². The van der Waals surface area contributed by atoms with Gasteiger partial charge in [0.25, 0.3) is 0 Å². The molecule has 5 heteroatoms. The summed E-state index contributed by atoms with van der Waals surface area (Å²) in [7, 11) is 0. The number of rotatable bonds is 8. The van der Waals surface area contributed by atoms with Gasteiger partial charge in [0, 0.05) is 0 Å². The first-order valence-corrected chi connectivity index (χ1v) is 5.47. The van der Waals surface area contributed by atoms with Crippen LogP contribution in [0.4, 0.5) is 0 Å². The van der Waals surface area contributed by atoms with Crippen LogP contribution in [0.1, 0.15) is 52.4 Å². The summed E-state index contributed by atoms with van der Waals surface area (Å²) in [5, 5.41) is 8.34. The number of carboxylic acid groups (broad SMARTS) is 1. The Kier molecular flexibility index (Phi) is 14.1. The van der Waals surface area contributed by atoms with Crippen LogP contribution < -0.4 is 0 Å². The first kappa shape index (κ1) is 18.9. The van der Waals surface area contributed by atoms with Crippen LogP contribution in [0.25, 0.3) is 0 Å². The Morgan fingerprint density at radius 2 is 1.88 bits per heavy atom. The molecule has 0 aliphatic rings. The van der Waals surface area contributed by atoms with Gasteiger partial charge in [-0.3, -0.25) is 9.59 Å². The fourth-order valence-corrected chi connectivity index (χ4v) is 1.31. The van der Waals surface area contributed by atoms with E-state index in [1.807, 2.05) is 0 Å². The summed E-state index contributed by atoms with van der Waals surface area (Å²) < 4.78 is 4.92. The minimum atomic E-state index is -1.14. The van der Waals surface area contributed by atoms with Crippen LogP contribution in [0.15, 0.2) is 0 Å². The Hall–Kier alpha value is 0.511. The van der Waals surface area contributed by atoms with Crippen LogP contribution in [0.2, 0.25) is 0 Å². The summed E-state index contributed by atoms with van der Waals surface area (Å²) in [5.74, 6) is -1.79. The second kappa shape index (κ2) is 12.0. The molecule has 0 amide bonds. The van der Waals surface area contributed by atoms with Crippen LogP contribution in [0.5, 0.6) is 0 Å². The van der Waals surface area contributed by atoms with Crippen molar-refractivity contribution in [2.24, 2.45) is 0 Å². The maximum absolute atomic E-state index is 10.9. The van der Waals surface area contributed by atoms with Gasteiger partial charge in [0.2, 0.25) is 0 Å². The average molecular weight is 356 g/mol. The van der Waals surface area contributed by atoms with Gasteiger partial charge in [-0.25, -0.2) is 0 Å².